The molecule has 0 saturated carbocycles. The van der Waals surface area contributed by atoms with E-state index < -0.39 is 5.41 Å². The maximum absolute atomic E-state index is 9.79. The van der Waals surface area contributed by atoms with Crippen LogP contribution < -0.4 is 16.0 Å². The van der Waals surface area contributed by atoms with Crippen molar-refractivity contribution in [2.24, 2.45) is 5.41 Å². The van der Waals surface area contributed by atoms with E-state index in [1.807, 2.05) is 19.1 Å². The van der Waals surface area contributed by atoms with Gasteiger partial charge in [-0.3, -0.25) is 0 Å². The van der Waals surface area contributed by atoms with Crippen molar-refractivity contribution < 1.29 is 10.2 Å². The lowest BCUT2D eigenvalue weighted by atomic mass is 9.86. The van der Waals surface area contributed by atoms with Gasteiger partial charge in [-0.15, -0.1) is 0 Å². The van der Waals surface area contributed by atoms with Gasteiger partial charge in [-0.05, 0) is 72.9 Å². The fourth-order valence-electron chi connectivity index (χ4n) is 4.99. The second-order valence-electron chi connectivity index (χ2n) is 9.90. The van der Waals surface area contributed by atoms with Gasteiger partial charge in [0.05, 0.1) is 30.0 Å². The predicted octanol–water partition coefficient (Wildman–Crippen LogP) is 5.14. The molecule has 6 heteroatoms. The molecule has 5 rings (SSSR count). The quantitative estimate of drug-likeness (QED) is 0.329. The number of hydrogen-bond acceptors (Lipinski definition) is 6. The molecule has 3 aromatic carbocycles. The maximum atomic E-state index is 9.79. The van der Waals surface area contributed by atoms with Gasteiger partial charge in [-0.25, -0.2) is 0 Å². The number of aliphatic hydroxyl groups is 2. The third kappa shape index (κ3) is 4.35. The molecule has 35 heavy (non-hydrogen) atoms. The summed E-state index contributed by atoms with van der Waals surface area (Å²) in [5.41, 5.74) is 9.47. The first-order valence-corrected chi connectivity index (χ1v) is 12.2. The van der Waals surface area contributed by atoms with Crippen molar-refractivity contribution in [2.45, 2.75) is 33.0 Å². The van der Waals surface area contributed by atoms with Crippen LogP contribution in [-0.4, -0.2) is 34.9 Å². The lowest BCUT2D eigenvalue weighted by molar-refractivity contribution is 0.0701. The zero-order chi connectivity index (χ0) is 24.6. The van der Waals surface area contributed by atoms with Gasteiger partial charge in [0.1, 0.15) is 6.17 Å². The van der Waals surface area contributed by atoms with Crippen LogP contribution in [0.15, 0.2) is 72.9 Å². The molecule has 0 aliphatic carbocycles. The summed E-state index contributed by atoms with van der Waals surface area (Å²) in [6.07, 6.45) is 0.898. The molecule has 5 N–H and O–H groups in total. The minimum absolute atomic E-state index is 0.0331. The first-order chi connectivity index (χ1) is 16.9. The lowest BCUT2D eigenvalue weighted by Crippen LogP contribution is -2.40. The summed E-state index contributed by atoms with van der Waals surface area (Å²) >= 11 is 0. The number of nitrogens with one attached hydrogen (secondary N) is 3. The number of rotatable bonds is 7. The maximum Gasteiger partial charge on any atom is 0.123 e. The molecule has 0 atom stereocenters. The van der Waals surface area contributed by atoms with Gasteiger partial charge >= 0.3 is 0 Å². The minimum atomic E-state index is -0.715. The molecule has 0 radical (unpaired) electrons. The fraction of sp³-hybridized carbons (Fsp3) is 0.310. The zero-order valence-corrected chi connectivity index (χ0v) is 20.4. The van der Waals surface area contributed by atoms with E-state index >= 15 is 0 Å². The average Bonchev–Trinajstić information content (AvgIpc) is 3.33. The number of nitrogens with zero attached hydrogens (tertiary/aromatic N) is 1. The van der Waals surface area contributed by atoms with Crippen LogP contribution in [0, 0.1) is 12.3 Å². The van der Waals surface area contributed by atoms with Gasteiger partial charge in [-0.2, -0.15) is 0 Å². The van der Waals surface area contributed by atoms with E-state index in [2.05, 4.69) is 82.9 Å². The van der Waals surface area contributed by atoms with Crippen molar-refractivity contribution in [1.29, 1.82) is 0 Å². The Morgan fingerprint density at radius 3 is 2.46 bits per heavy atom. The molecule has 0 unspecified atom stereocenters. The number of benzene rings is 3. The highest BCUT2D eigenvalue weighted by Gasteiger charge is 2.32. The molecule has 0 bridgehead atoms. The van der Waals surface area contributed by atoms with Crippen LogP contribution in [0.1, 0.15) is 35.3 Å². The van der Waals surface area contributed by atoms with Crippen molar-refractivity contribution in [3.8, 4) is 0 Å². The first kappa shape index (κ1) is 23.3. The van der Waals surface area contributed by atoms with E-state index in [9.17, 15) is 10.2 Å². The molecule has 6 nitrogen and oxygen atoms in total. The van der Waals surface area contributed by atoms with Crippen molar-refractivity contribution >= 4 is 22.7 Å². The van der Waals surface area contributed by atoms with E-state index in [1.54, 1.807) is 0 Å². The summed E-state index contributed by atoms with van der Waals surface area (Å²) < 4.78 is 0. The highest BCUT2D eigenvalue weighted by Crippen LogP contribution is 2.38. The molecule has 0 saturated heterocycles. The summed E-state index contributed by atoms with van der Waals surface area (Å²) in [6, 6.07) is 21.2. The SMILES string of the molecule is C=C(N1CCc2c(cccc2Nc2ccc(C)c(C3Nc4ccccc4N3)c2)C1)C(C)(CO)CO. The Bertz CT molecular complexity index is 1230. The van der Waals surface area contributed by atoms with Gasteiger partial charge in [0.2, 0.25) is 0 Å². The van der Waals surface area contributed by atoms with Gasteiger partial charge in [0.25, 0.3) is 0 Å². The Kier molecular flexibility index (Phi) is 6.17. The first-order valence-electron chi connectivity index (χ1n) is 12.2. The van der Waals surface area contributed by atoms with Gasteiger partial charge < -0.3 is 31.1 Å². The summed E-state index contributed by atoms with van der Waals surface area (Å²) in [4.78, 5) is 2.18. The molecule has 0 amide bonds. The standard InChI is InChI=1S/C29H34N4O2/c1-19-11-12-22(15-24(19)28-31-26-8-4-5-9-27(26)32-28)30-25-10-6-7-21-16-33(14-13-23(21)25)20(2)29(3,17-34)18-35/h4-12,15,28,30-32,34-35H,2,13-14,16-18H2,1,3H3. The van der Waals surface area contributed by atoms with E-state index in [4.69, 9.17) is 0 Å². The Morgan fingerprint density at radius 2 is 1.77 bits per heavy atom. The Labute approximate surface area is 207 Å². The molecular weight excluding hydrogens is 436 g/mol. The molecule has 2 aliphatic heterocycles. The van der Waals surface area contributed by atoms with Crippen molar-refractivity contribution in [1.82, 2.24) is 4.90 Å². The van der Waals surface area contributed by atoms with Crippen LogP contribution in [0.5, 0.6) is 0 Å². The van der Waals surface area contributed by atoms with Crippen LogP contribution in [0.2, 0.25) is 0 Å². The van der Waals surface area contributed by atoms with E-state index in [0.717, 1.165) is 41.4 Å². The van der Waals surface area contributed by atoms with Gasteiger partial charge in [0.15, 0.2) is 0 Å². The lowest BCUT2D eigenvalue weighted by Gasteiger charge is -2.40. The third-order valence-corrected chi connectivity index (χ3v) is 7.44. The summed E-state index contributed by atoms with van der Waals surface area (Å²) in [5.74, 6) is 0. The Morgan fingerprint density at radius 1 is 1.06 bits per heavy atom. The second-order valence-corrected chi connectivity index (χ2v) is 9.90. The summed E-state index contributed by atoms with van der Waals surface area (Å²) in [6.45, 7) is 9.46. The topological polar surface area (TPSA) is 79.8 Å². The smallest absolute Gasteiger partial charge is 0.123 e. The van der Waals surface area contributed by atoms with E-state index in [0.29, 0.717) is 6.54 Å². The van der Waals surface area contributed by atoms with Crippen molar-refractivity contribution in [3.05, 3.63) is 95.2 Å². The largest absolute Gasteiger partial charge is 0.395 e. The van der Waals surface area contributed by atoms with E-state index in [1.165, 1.54) is 22.3 Å². The average molecular weight is 471 g/mol. The van der Waals surface area contributed by atoms with Gasteiger partial charge in [-0.1, -0.05) is 36.9 Å². The Hall–Kier alpha value is -3.48. The molecule has 0 spiro atoms. The van der Waals surface area contributed by atoms with Crippen LogP contribution in [0.25, 0.3) is 0 Å². The minimum Gasteiger partial charge on any atom is -0.395 e. The monoisotopic (exact) mass is 470 g/mol. The number of aryl methyl sites for hydroxylation is 1. The zero-order valence-electron chi connectivity index (χ0n) is 20.4. The molecule has 0 fully saturated rings. The van der Waals surface area contributed by atoms with Crippen LogP contribution in [0.4, 0.5) is 22.7 Å². The fourth-order valence-corrected chi connectivity index (χ4v) is 4.99. The Balaban J connectivity index is 1.36. The molecule has 182 valence electrons. The summed E-state index contributed by atoms with van der Waals surface area (Å²) in [5, 5.41) is 30.4. The number of anilines is 4. The molecule has 2 heterocycles. The number of fused-ring (bicyclic) bond motifs is 2. The third-order valence-electron chi connectivity index (χ3n) is 7.44. The molecule has 3 aromatic rings. The normalized spacial score (nSPS) is 15.1. The second kappa shape index (κ2) is 9.29. The highest BCUT2D eigenvalue weighted by atomic mass is 16.3. The molecule has 0 aromatic heterocycles. The number of aliphatic hydroxyl groups excluding tert-OH is 2. The molecular formula is C29H34N4O2. The number of para-hydroxylation sites is 2. The van der Waals surface area contributed by atoms with Crippen molar-refractivity contribution in [2.75, 3.05) is 35.7 Å². The van der Waals surface area contributed by atoms with Gasteiger partial charge in [0, 0.05) is 30.2 Å². The van der Waals surface area contributed by atoms with Crippen molar-refractivity contribution in [3.63, 3.8) is 0 Å². The van der Waals surface area contributed by atoms with Crippen LogP contribution >= 0.6 is 0 Å². The summed E-state index contributed by atoms with van der Waals surface area (Å²) in [7, 11) is 0. The van der Waals surface area contributed by atoms with Crippen LogP contribution in [0.3, 0.4) is 0 Å². The highest BCUT2D eigenvalue weighted by molar-refractivity contribution is 5.76. The van der Waals surface area contributed by atoms with E-state index in [-0.39, 0.29) is 19.4 Å². The molecule has 2 aliphatic rings. The number of hydrogen-bond donors (Lipinski definition) is 5. The van der Waals surface area contributed by atoms with Crippen LogP contribution in [-0.2, 0) is 13.0 Å². The predicted molar refractivity (Wildman–Crippen MR) is 143 cm³/mol.